The highest BCUT2D eigenvalue weighted by atomic mass is 16.4. The zero-order valence-corrected chi connectivity index (χ0v) is 10.8. The van der Waals surface area contributed by atoms with Crippen LogP contribution in [-0.2, 0) is 6.54 Å². The Morgan fingerprint density at radius 1 is 1.35 bits per heavy atom. The van der Waals surface area contributed by atoms with Crippen molar-refractivity contribution in [2.45, 2.75) is 32.9 Å². The van der Waals surface area contributed by atoms with Gasteiger partial charge in [0.05, 0.1) is 6.54 Å². The molecule has 0 heterocycles. The molecular weight excluding hydrogens is 216 g/mol. The van der Waals surface area contributed by atoms with Gasteiger partial charge in [-0.05, 0) is 32.4 Å². The number of para-hydroxylation sites is 1. The van der Waals surface area contributed by atoms with Crippen LogP contribution in [0.15, 0.2) is 24.3 Å². The van der Waals surface area contributed by atoms with Gasteiger partial charge in [0.2, 0.25) is 0 Å². The van der Waals surface area contributed by atoms with Crippen molar-refractivity contribution >= 4 is 11.8 Å². The Labute approximate surface area is 102 Å². The highest BCUT2D eigenvalue weighted by molar-refractivity contribution is 5.66. The molecule has 0 aliphatic heterocycles. The molecule has 1 rings (SSSR count). The zero-order chi connectivity index (χ0) is 13.1. The summed E-state index contributed by atoms with van der Waals surface area (Å²) in [6.45, 7) is 6.06. The molecule has 94 valence electrons. The largest absolute Gasteiger partial charge is 0.465 e. The number of nitrogens with one attached hydrogen (secondary N) is 1. The quantitative estimate of drug-likeness (QED) is 0.848. The number of hydrogen-bond acceptors (Lipinski definition) is 2. The lowest BCUT2D eigenvalue weighted by Gasteiger charge is -2.33. The summed E-state index contributed by atoms with van der Waals surface area (Å²) in [4.78, 5) is 12.7. The normalized spacial score (nSPS) is 11.1. The van der Waals surface area contributed by atoms with Gasteiger partial charge in [-0.15, -0.1) is 0 Å². The molecular formula is C13H20N2O2. The van der Waals surface area contributed by atoms with E-state index in [1.165, 1.54) is 4.90 Å². The minimum Gasteiger partial charge on any atom is -0.465 e. The second-order valence-electron chi connectivity index (χ2n) is 4.95. The van der Waals surface area contributed by atoms with Crippen molar-refractivity contribution in [3.05, 3.63) is 29.8 Å². The van der Waals surface area contributed by atoms with Gasteiger partial charge in [0.1, 0.15) is 0 Å². The van der Waals surface area contributed by atoms with E-state index < -0.39 is 11.6 Å². The molecule has 0 aliphatic rings. The first-order chi connectivity index (χ1) is 7.86. The lowest BCUT2D eigenvalue weighted by Crippen LogP contribution is -2.44. The third kappa shape index (κ3) is 3.37. The monoisotopic (exact) mass is 236 g/mol. The standard InChI is InChI=1S/C13H20N2O2/c1-13(2,3)15(12(16)17)9-10-7-5-6-8-11(10)14-4/h5-8,14H,9H2,1-4H3,(H,16,17). The van der Waals surface area contributed by atoms with Gasteiger partial charge in [-0.25, -0.2) is 4.79 Å². The van der Waals surface area contributed by atoms with Crippen molar-refractivity contribution in [2.75, 3.05) is 12.4 Å². The van der Waals surface area contributed by atoms with Gasteiger partial charge in [-0.1, -0.05) is 18.2 Å². The molecule has 0 unspecified atom stereocenters. The first-order valence-electron chi connectivity index (χ1n) is 5.62. The third-order valence-electron chi connectivity index (χ3n) is 2.66. The van der Waals surface area contributed by atoms with E-state index in [1.54, 1.807) is 0 Å². The Balaban J connectivity index is 2.98. The Bertz CT molecular complexity index is 397. The van der Waals surface area contributed by atoms with Gasteiger partial charge in [-0.3, -0.25) is 4.90 Å². The fourth-order valence-corrected chi connectivity index (χ4v) is 1.66. The molecule has 2 N–H and O–H groups in total. The van der Waals surface area contributed by atoms with E-state index in [9.17, 15) is 9.90 Å². The Morgan fingerprint density at radius 2 is 1.94 bits per heavy atom. The predicted molar refractivity (Wildman–Crippen MR) is 69.3 cm³/mol. The Kier molecular flexibility index (Phi) is 3.99. The molecule has 0 atom stereocenters. The van der Waals surface area contributed by atoms with E-state index in [-0.39, 0.29) is 0 Å². The van der Waals surface area contributed by atoms with Crippen LogP contribution in [0.3, 0.4) is 0 Å². The number of amides is 1. The van der Waals surface area contributed by atoms with Gasteiger partial charge in [0.15, 0.2) is 0 Å². The molecule has 0 bridgehead atoms. The fourth-order valence-electron chi connectivity index (χ4n) is 1.66. The minimum absolute atomic E-state index is 0.385. The van der Waals surface area contributed by atoms with Crippen molar-refractivity contribution < 1.29 is 9.90 Å². The number of nitrogens with zero attached hydrogens (tertiary/aromatic N) is 1. The number of carboxylic acid groups (broad SMARTS) is 1. The molecule has 0 saturated carbocycles. The fraction of sp³-hybridized carbons (Fsp3) is 0.462. The smallest absolute Gasteiger partial charge is 0.408 e. The predicted octanol–water partition coefficient (Wildman–Crippen LogP) is 3.01. The lowest BCUT2D eigenvalue weighted by atomic mass is 10.0. The molecule has 1 aromatic rings. The van der Waals surface area contributed by atoms with Crippen LogP contribution in [0.4, 0.5) is 10.5 Å². The van der Waals surface area contributed by atoms with Crippen LogP contribution in [0.5, 0.6) is 0 Å². The molecule has 4 heteroatoms. The lowest BCUT2D eigenvalue weighted by molar-refractivity contribution is 0.0957. The SMILES string of the molecule is CNc1ccccc1CN(C(=O)O)C(C)(C)C. The van der Waals surface area contributed by atoms with Gasteiger partial charge >= 0.3 is 6.09 Å². The van der Waals surface area contributed by atoms with E-state index in [0.29, 0.717) is 6.54 Å². The maximum Gasteiger partial charge on any atom is 0.408 e. The van der Waals surface area contributed by atoms with Crippen LogP contribution >= 0.6 is 0 Å². The highest BCUT2D eigenvalue weighted by Crippen LogP contribution is 2.22. The van der Waals surface area contributed by atoms with Crippen molar-refractivity contribution in [1.82, 2.24) is 4.90 Å². The molecule has 0 aromatic heterocycles. The molecule has 17 heavy (non-hydrogen) atoms. The Morgan fingerprint density at radius 3 is 2.41 bits per heavy atom. The van der Waals surface area contributed by atoms with Crippen LogP contribution in [0, 0.1) is 0 Å². The van der Waals surface area contributed by atoms with E-state index in [1.807, 2.05) is 52.1 Å². The summed E-state index contributed by atoms with van der Waals surface area (Å²) in [7, 11) is 1.83. The third-order valence-corrected chi connectivity index (χ3v) is 2.66. The van der Waals surface area contributed by atoms with Crippen molar-refractivity contribution in [3.63, 3.8) is 0 Å². The minimum atomic E-state index is -0.900. The molecule has 1 amide bonds. The molecule has 0 fully saturated rings. The van der Waals surface area contributed by atoms with Crippen LogP contribution in [0.2, 0.25) is 0 Å². The molecule has 0 radical (unpaired) electrons. The molecule has 0 aliphatic carbocycles. The number of rotatable bonds is 3. The summed E-state index contributed by atoms with van der Waals surface area (Å²) >= 11 is 0. The maximum absolute atomic E-state index is 11.3. The topological polar surface area (TPSA) is 52.6 Å². The highest BCUT2D eigenvalue weighted by Gasteiger charge is 2.26. The number of anilines is 1. The average Bonchev–Trinajstić information content (AvgIpc) is 2.24. The van der Waals surface area contributed by atoms with Gasteiger partial charge < -0.3 is 10.4 Å². The van der Waals surface area contributed by atoms with Crippen LogP contribution in [0.1, 0.15) is 26.3 Å². The molecule has 1 aromatic carbocycles. The van der Waals surface area contributed by atoms with E-state index >= 15 is 0 Å². The summed E-state index contributed by atoms with van der Waals surface area (Å²) in [6, 6.07) is 7.72. The van der Waals surface area contributed by atoms with E-state index in [0.717, 1.165) is 11.3 Å². The second kappa shape index (κ2) is 5.08. The zero-order valence-electron chi connectivity index (χ0n) is 10.8. The summed E-state index contributed by atoms with van der Waals surface area (Å²) in [5, 5.41) is 12.3. The molecule has 0 saturated heterocycles. The van der Waals surface area contributed by atoms with Crippen molar-refractivity contribution in [1.29, 1.82) is 0 Å². The van der Waals surface area contributed by atoms with E-state index in [4.69, 9.17) is 0 Å². The summed E-state index contributed by atoms with van der Waals surface area (Å²) in [6.07, 6.45) is -0.900. The van der Waals surface area contributed by atoms with Crippen LogP contribution in [0.25, 0.3) is 0 Å². The number of benzene rings is 1. The summed E-state index contributed by atoms with van der Waals surface area (Å²) < 4.78 is 0. The number of carbonyl (C=O) groups is 1. The first kappa shape index (κ1) is 13.4. The first-order valence-corrected chi connectivity index (χ1v) is 5.62. The van der Waals surface area contributed by atoms with Gasteiger partial charge in [-0.2, -0.15) is 0 Å². The van der Waals surface area contributed by atoms with Crippen LogP contribution < -0.4 is 5.32 Å². The van der Waals surface area contributed by atoms with Gasteiger partial charge in [0.25, 0.3) is 0 Å². The van der Waals surface area contributed by atoms with Gasteiger partial charge in [0, 0.05) is 18.3 Å². The van der Waals surface area contributed by atoms with Crippen molar-refractivity contribution in [3.8, 4) is 0 Å². The summed E-state index contributed by atoms with van der Waals surface area (Å²) in [5.41, 5.74) is 1.53. The molecule has 4 nitrogen and oxygen atoms in total. The number of hydrogen-bond donors (Lipinski definition) is 2. The Hall–Kier alpha value is -1.71. The maximum atomic E-state index is 11.3. The molecule has 0 spiro atoms. The summed E-state index contributed by atoms with van der Waals surface area (Å²) in [5.74, 6) is 0. The van der Waals surface area contributed by atoms with Crippen LogP contribution in [-0.4, -0.2) is 28.7 Å². The van der Waals surface area contributed by atoms with Crippen molar-refractivity contribution in [2.24, 2.45) is 0 Å². The second-order valence-corrected chi connectivity index (χ2v) is 4.95. The average molecular weight is 236 g/mol. The van der Waals surface area contributed by atoms with E-state index in [2.05, 4.69) is 5.32 Å².